The molecule has 1 aliphatic rings. The molecule has 6 nitrogen and oxygen atoms in total. The van der Waals surface area contributed by atoms with Crippen LogP contribution < -0.4 is 10.6 Å². The summed E-state index contributed by atoms with van der Waals surface area (Å²) in [4.78, 5) is 29.5. The fraction of sp³-hybridized carbons (Fsp3) is 0.462. The van der Waals surface area contributed by atoms with Gasteiger partial charge in [-0.05, 0) is 19.4 Å². The summed E-state index contributed by atoms with van der Waals surface area (Å²) in [6, 6.07) is 1.58. The Morgan fingerprint density at radius 3 is 3.10 bits per heavy atom. The number of nitrogens with one attached hydrogen (secondary N) is 2. The first-order valence-corrected chi connectivity index (χ1v) is 6.95. The van der Waals surface area contributed by atoms with Gasteiger partial charge in [0.1, 0.15) is 5.82 Å². The van der Waals surface area contributed by atoms with Gasteiger partial charge in [0.2, 0.25) is 5.91 Å². The summed E-state index contributed by atoms with van der Waals surface area (Å²) >= 11 is 6.08. The Kier molecular flexibility index (Phi) is 4.79. The molecule has 1 fully saturated rings. The second kappa shape index (κ2) is 6.56. The SMILES string of the molecule is CCNc1ncc(C(=O)N2CCCNC(=O)C2)cc1Cl. The molecular formula is C13H17ClN4O2. The van der Waals surface area contributed by atoms with E-state index in [1.165, 1.54) is 11.1 Å². The van der Waals surface area contributed by atoms with Gasteiger partial charge in [-0.3, -0.25) is 9.59 Å². The van der Waals surface area contributed by atoms with Gasteiger partial charge in [0.25, 0.3) is 5.91 Å². The summed E-state index contributed by atoms with van der Waals surface area (Å²) in [5.74, 6) is 0.193. The highest BCUT2D eigenvalue weighted by Gasteiger charge is 2.21. The Morgan fingerprint density at radius 2 is 2.40 bits per heavy atom. The van der Waals surface area contributed by atoms with E-state index in [0.29, 0.717) is 36.0 Å². The summed E-state index contributed by atoms with van der Waals surface area (Å²) in [6.45, 7) is 3.86. The van der Waals surface area contributed by atoms with Crippen LogP contribution in [0.15, 0.2) is 12.3 Å². The number of hydrogen-bond acceptors (Lipinski definition) is 4. The lowest BCUT2D eigenvalue weighted by atomic mass is 10.2. The molecule has 2 heterocycles. The molecule has 0 unspecified atom stereocenters. The van der Waals surface area contributed by atoms with Crippen molar-refractivity contribution in [3.8, 4) is 0 Å². The van der Waals surface area contributed by atoms with Gasteiger partial charge in [-0.1, -0.05) is 11.6 Å². The van der Waals surface area contributed by atoms with Crippen LogP contribution in [0.3, 0.4) is 0 Å². The molecule has 1 aliphatic heterocycles. The molecule has 1 aromatic heterocycles. The average Bonchev–Trinajstić information content (AvgIpc) is 2.65. The Morgan fingerprint density at radius 1 is 1.60 bits per heavy atom. The molecule has 0 bridgehead atoms. The quantitative estimate of drug-likeness (QED) is 0.877. The molecule has 0 spiro atoms. The van der Waals surface area contributed by atoms with Crippen LogP contribution in [0.25, 0.3) is 0 Å². The van der Waals surface area contributed by atoms with Crippen molar-refractivity contribution in [2.75, 3.05) is 31.5 Å². The van der Waals surface area contributed by atoms with E-state index in [2.05, 4.69) is 15.6 Å². The van der Waals surface area contributed by atoms with Gasteiger partial charge < -0.3 is 15.5 Å². The van der Waals surface area contributed by atoms with Crippen LogP contribution in [0.2, 0.25) is 5.02 Å². The molecule has 20 heavy (non-hydrogen) atoms. The Hall–Kier alpha value is -1.82. The number of aromatic nitrogens is 1. The zero-order chi connectivity index (χ0) is 14.5. The highest BCUT2D eigenvalue weighted by Crippen LogP contribution is 2.20. The molecule has 7 heteroatoms. The van der Waals surface area contributed by atoms with Gasteiger partial charge in [0, 0.05) is 25.8 Å². The summed E-state index contributed by atoms with van der Waals surface area (Å²) in [5.41, 5.74) is 0.395. The summed E-state index contributed by atoms with van der Waals surface area (Å²) < 4.78 is 0. The zero-order valence-corrected chi connectivity index (χ0v) is 12.0. The second-order valence-electron chi connectivity index (χ2n) is 4.51. The molecule has 0 radical (unpaired) electrons. The minimum Gasteiger partial charge on any atom is -0.369 e. The summed E-state index contributed by atoms with van der Waals surface area (Å²) in [6.07, 6.45) is 2.23. The summed E-state index contributed by atoms with van der Waals surface area (Å²) in [7, 11) is 0. The van der Waals surface area contributed by atoms with E-state index >= 15 is 0 Å². The highest BCUT2D eigenvalue weighted by atomic mass is 35.5. The number of pyridine rings is 1. The van der Waals surface area contributed by atoms with Crippen molar-refractivity contribution < 1.29 is 9.59 Å². The fourth-order valence-corrected chi connectivity index (χ4v) is 2.25. The third-order valence-corrected chi connectivity index (χ3v) is 3.27. The van der Waals surface area contributed by atoms with Gasteiger partial charge in [-0.15, -0.1) is 0 Å². The predicted octanol–water partition coefficient (Wildman–Crippen LogP) is 1.13. The van der Waals surface area contributed by atoms with Crippen molar-refractivity contribution in [1.29, 1.82) is 0 Å². The zero-order valence-electron chi connectivity index (χ0n) is 11.3. The van der Waals surface area contributed by atoms with E-state index in [1.54, 1.807) is 6.07 Å². The predicted molar refractivity (Wildman–Crippen MR) is 76.9 cm³/mol. The molecule has 0 aliphatic carbocycles. The van der Waals surface area contributed by atoms with Crippen LogP contribution in [-0.2, 0) is 4.79 Å². The van der Waals surface area contributed by atoms with Gasteiger partial charge in [-0.25, -0.2) is 4.98 Å². The first-order chi connectivity index (χ1) is 9.61. The van der Waals surface area contributed by atoms with Gasteiger partial charge in [0.15, 0.2) is 0 Å². The van der Waals surface area contributed by atoms with E-state index in [-0.39, 0.29) is 18.4 Å². The average molecular weight is 297 g/mol. The van der Waals surface area contributed by atoms with E-state index in [0.717, 1.165) is 6.42 Å². The molecule has 0 aromatic carbocycles. The van der Waals surface area contributed by atoms with Crippen molar-refractivity contribution in [2.24, 2.45) is 0 Å². The number of rotatable bonds is 3. The molecule has 2 N–H and O–H groups in total. The molecule has 2 amide bonds. The van der Waals surface area contributed by atoms with Crippen molar-refractivity contribution >= 4 is 29.2 Å². The van der Waals surface area contributed by atoms with Crippen molar-refractivity contribution in [3.63, 3.8) is 0 Å². The third-order valence-electron chi connectivity index (χ3n) is 2.98. The van der Waals surface area contributed by atoms with Gasteiger partial charge >= 0.3 is 0 Å². The molecule has 2 rings (SSSR count). The number of amides is 2. The Bertz CT molecular complexity index is 521. The largest absolute Gasteiger partial charge is 0.369 e. The van der Waals surface area contributed by atoms with Crippen LogP contribution in [0.4, 0.5) is 5.82 Å². The van der Waals surface area contributed by atoms with Gasteiger partial charge in [0.05, 0.1) is 17.1 Å². The molecule has 1 saturated heterocycles. The Labute approximate surface area is 122 Å². The number of carbonyl (C=O) groups is 2. The molecule has 0 atom stereocenters. The monoisotopic (exact) mass is 296 g/mol. The van der Waals surface area contributed by atoms with Crippen LogP contribution >= 0.6 is 11.6 Å². The standard InChI is InChI=1S/C13H17ClN4O2/c1-2-15-12-10(14)6-9(7-17-12)13(20)18-5-3-4-16-11(19)8-18/h6-7H,2-5,8H2,1H3,(H,15,17)(H,16,19). The summed E-state index contributed by atoms with van der Waals surface area (Å²) in [5, 5.41) is 6.14. The lowest BCUT2D eigenvalue weighted by molar-refractivity contribution is -0.121. The third kappa shape index (κ3) is 3.39. The van der Waals surface area contributed by atoms with E-state index in [4.69, 9.17) is 11.6 Å². The fourth-order valence-electron chi connectivity index (χ4n) is 2.01. The van der Waals surface area contributed by atoms with Crippen LogP contribution in [-0.4, -0.2) is 47.9 Å². The lowest BCUT2D eigenvalue weighted by Gasteiger charge is -2.19. The van der Waals surface area contributed by atoms with E-state index in [9.17, 15) is 9.59 Å². The highest BCUT2D eigenvalue weighted by molar-refractivity contribution is 6.33. The topological polar surface area (TPSA) is 74.3 Å². The van der Waals surface area contributed by atoms with Crippen LogP contribution in [0, 0.1) is 0 Å². The minimum absolute atomic E-state index is 0.0748. The number of carbonyl (C=O) groups excluding carboxylic acids is 2. The molecular weight excluding hydrogens is 280 g/mol. The smallest absolute Gasteiger partial charge is 0.255 e. The molecule has 1 aromatic rings. The normalized spacial score (nSPS) is 15.5. The maximum absolute atomic E-state index is 12.3. The first kappa shape index (κ1) is 14.6. The number of halogens is 1. The van der Waals surface area contributed by atoms with E-state index in [1.807, 2.05) is 6.92 Å². The van der Waals surface area contributed by atoms with Crippen molar-refractivity contribution in [2.45, 2.75) is 13.3 Å². The molecule has 0 saturated carbocycles. The number of nitrogens with zero attached hydrogens (tertiary/aromatic N) is 2. The molecule has 108 valence electrons. The number of hydrogen-bond donors (Lipinski definition) is 2. The maximum atomic E-state index is 12.3. The minimum atomic E-state index is -0.223. The Balaban J connectivity index is 2.15. The second-order valence-corrected chi connectivity index (χ2v) is 4.92. The van der Waals surface area contributed by atoms with Crippen LogP contribution in [0.5, 0.6) is 0 Å². The first-order valence-electron chi connectivity index (χ1n) is 6.57. The van der Waals surface area contributed by atoms with Crippen molar-refractivity contribution in [3.05, 3.63) is 22.8 Å². The maximum Gasteiger partial charge on any atom is 0.255 e. The van der Waals surface area contributed by atoms with Crippen molar-refractivity contribution in [1.82, 2.24) is 15.2 Å². The van der Waals surface area contributed by atoms with Crippen LogP contribution in [0.1, 0.15) is 23.7 Å². The number of anilines is 1. The lowest BCUT2D eigenvalue weighted by Crippen LogP contribution is -2.37. The van der Waals surface area contributed by atoms with E-state index < -0.39 is 0 Å². The van der Waals surface area contributed by atoms with Gasteiger partial charge in [-0.2, -0.15) is 0 Å².